The maximum absolute atomic E-state index is 12.0. The molecule has 1 amide bonds. The third kappa shape index (κ3) is 5.43. The Labute approximate surface area is 128 Å². The summed E-state index contributed by atoms with van der Waals surface area (Å²) in [5.41, 5.74) is 11.5. The molecule has 9 heteroatoms. The highest BCUT2D eigenvalue weighted by Crippen LogP contribution is 2.11. The van der Waals surface area contributed by atoms with Gasteiger partial charge in [0.25, 0.3) is 10.0 Å². The number of carboxylic acid groups (broad SMARTS) is 1. The van der Waals surface area contributed by atoms with Crippen LogP contribution in [0.4, 0.5) is 0 Å². The second-order valence-electron chi connectivity index (χ2n) is 4.69. The largest absolute Gasteiger partial charge is 0.480 e. The SMILES string of the molecule is NCCc1ccc(S(=O)(=O)NC(=O)CCC(N)C(=O)O)cc1. The lowest BCUT2D eigenvalue weighted by Crippen LogP contribution is -2.34. The van der Waals surface area contributed by atoms with Gasteiger partial charge in [-0.1, -0.05) is 12.1 Å². The first-order valence-electron chi connectivity index (χ1n) is 6.59. The Kier molecular flexibility index (Phi) is 6.47. The number of nitrogens with one attached hydrogen (secondary N) is 1. The summed E-state index contributed by atoms with van der Waals surface area (Å²) < 4.78 is 25.9. The van der Waals surface area contributed by atoms with Crippen LogP contribution in [0.2, 0.25) is 0 Å². The lowest BCUT2D eigenvalue weighted by atomic mass is 10.2. The summed E-state index contributed by atoms with van der Waals surface area (Å²) >= 11 is 0. The number of aliphatic carboxylic acids is 1. The number of hydrogen-bond donors (Lipinski definition) is 4. The summed E-state index contributed by atoms with van der Waals surface area (Å²) in [6.07, 6.45) is 0.184. The molecule has 0 aliphatic heterocycles. The molecule has 0 fully saturated rings. The molecule has 0 radical (unpaired) electrons. The van der Waals surface area contributed by atoms with Crippen molar-refractivity contribution in [2.75, 3.05) is 6.54 Å². The Morgan fingerprint density at radius 1 is 1.23 bits per heavy atom. The number of carbonyl (C=O) groups excluding carboxylic acids is 1. The molecule has 0 spiro atoms. The van der Waals surface area contributed by atoms with E-state index < -0.39 is 27.9 Å². The number of amides is 1. The summed E-state index contributed by atoms with van der Waals surface area (Å²) in [6.45, 7) is 0.451. The molecule has 6 N–H and O–H groups in total. The van der Waals surface area contributed by atoms with Crippen LogP contribution in [0.3, 0.4) is 0 Å². The number of benzene rings is 1. The van der Waals surface area contributed by atoms with Gasteiger partial charge in [-0.25, -0.2) is 13.1 Å². The molecule has 0 heterocycles. The van der Waals surface area contributed by atoms with Crippen LogP contribution in [0, 0.1) is 0 Å². The van der Waals surface area contributed by atoms with Crippen molar-refractivity contribution < 1.29 is 23.1 Å². The predicted octanol–water partition coefficient (Wildman–Crippen LogP) is -0.815. The molecule has 0 aliphatic rings. The first-order valence-corrected chi connectivity index (χ1v) is 8.07. The van der Waals surface area contributed by atoms with Gasteiger partial charge >= 0.3 is 5.97 Å². The van der Waals surface area contributed by atoms with Crippen LogP contribution in [0.25, 0.3) is 0 Å². The molecule has 22 heavy (non-hydrogen) atoms. The van der Waals surface area contributed by atoms with Crippen molar-refractivity contribution in [1.82, 2.24) is 4.72 Å². The Hall–Kier alpha value is -1.97. The van der Waals surface area contributed by atoms with Crippen molar-refractivity contribution in [1.29, 1.82) is 0 Å². The van der Waals surface area contributed by atoms with Gasteiger partial charge < -0.3 is 16.6 Å². The third-order valence-corrected chi connectivity index (χ3v) is 4.30. The second kappa shape index (κ2) is 7.87. The molecule has 1 aromatic carbocycles. The highest BCUT2D eigenvalue weighted by molar-refractivity contribution is 7.90. The van der Waals surface area contributed by atoms with E-state index in [0.29, 0.717) is 13.0 Å². The van der Waals surface area contributed by atoms with Crippen molar-refractivity contribution in [2.24, 2.45) is 11.5 Å². The normalized spacial score (nSPS) is 12.6. The highest BCUT2D eigenvalue weighted by Gasteiger charge is 2.19. The van der Waals surface area contributed by atoms with Crippen molar-refractivity contribution in [3.63, 3.8) is 0 Å². The minimum atomic E-state index is -3.98. The monoisotopic (exact) mass is 329 g/mol. The fourth-order valence-corrected chi connectivity index (χ4v) is 2.69. The Morgan fingerprint density at radius 3 is 2.32 bits per heavy atom. The van der Waals surface area contributed by atoms with Gasteiger partial charge in [0.15, 0.2) is 0 Å². The van der Waals surface area contributed by atoms with E-state index in [1.165, 1.54) is 12.1 Å². The molecule has 0 aliphatic carbocycles. The van der Waals surface area contributed by atoms with E-state index in [-0.39, 0.29) is 17.7 Å². The molecule has 0 bridgehead atoms. The highest BCUT2D eigenvalue weighted by atomic mass is 32.2. The lowest BCUT2D eigenvalue weighted by molar-refractivity contribution is -0.138. The van der Waals surface area contributed by atoms with Gasteiger partial charge in [0.2, 0.25) is 5.91 Å². The van der Waals surface area contributed by atoms with Crippen LogP contribution in [0.5, 0.6) is 0 Å². The van der Waals surface area contributed by atoms with Crippen LogP contribution in [0.1, 0.15) is 18.4 Å². The summed E-state index contributed by atoms with van der Waals surface area (Å²) in [7, 11) is -3.98. The van der Waals surface area contributed by atoms with Crippen LogP contribution in [-0.2, 0) is 26.0 Å². The molecule has 0 aromatic heterocycles. The third-order valence-electron chi connectivity index (χ3n) is 2.91. The summed E-state index contributed by atoms with van der Waals surface area (Å²) in [6, 6.07) is 4.79. The number of carbonyl (C=O) groups is 2. The molecule has 1 rings (SSSR count). The van der Waals surface area contributed by atoms with Crippen molar-refractivity contribution in [3.05, 3.63) is 29.8 Å². The number of sulfonamides is 1. The van der Waals surface area contributed by atoms with E-state index in [4.69, 9.17) is 16.6 Å². The van der Waals surface area contributed by atoms with Crippen molar-refractivity contribution in [2.45, 2.75) is 30.2 Å². The number of rotatable bonds is 8. The van der Waals surface area contributed by atoms with Gasteiger partial charge in [0.05, 0.1) is 4.90 Å². The van der Waals surface area contributed by atoms with E-state index in [9.17, 15) is 18.0 Å². The lowest BCUT2D eigenvalue weighted by Gasteiger charge is -2.09. The molecular formula is C13H19N3O5S. The summed E-state index contributed by atoms with van der Waals surface area (Å²) in [5.74, 6) is -2.05. The smallest absolute Gasteiger partial charge is 0.320 e. The summed E-state index contributed by atoms with van der Waals surface area (Å²) in [5, 5.41) is 8.59. The predicted molar refractivity (Wildman–Crippen MR) is 79.4 cm³/mol. The van der Waals surface area contributed by atoms with E-state index in [2.05, 4.69) is 0 Å². The van der Waals surface area contributed by atoms with Gasteiger partial charge in [-0.15, -0.1) is 0 Å². The number of carboxylic acids is 1. The molecule has 0 saturated heterocycles. The van der Waals surface area contributed by atoms with E-state index in [1.54, 1.807) is 12.1 Å². The molecule has 122 valence electrons. The number of nitrogens with two attached hydrogens (primary N) is 2. The van der Waals surface area contributed by atoms with Crippen LogP contribution in [0.15, 0.2) is 29.2 Å². The zero-order valence-electron chi connectivity index (χ0n) is 11.9. The Morgan fingerprint density at radius 2 is 1.82 bits per heavy atom. The molecule has 1 unspecified atom stereocenters. The van der Waals surface area contributed by atoms with Crippen molar-refractivity contribution >= 4 is 21.9 Å². The minimum Gasteiger partial charge on any atom is -0.480 e. The molecule has 1 atom stereocenters. The number of hydrogen-bond acceptors (Lipinski definition) is 6. The topological polar surface area (TPSA) is 153 Å². The van der Waals surface area contributed by atoms with E-state index in [0.717, 1.165) is 5.56 Å². The van der Waals surface area contributed by atoms with Gasteiger partial charge in [0.1, 0.15) is 6.04 Å². The van der Waals surface area contributed by atoms with E-state index >= 15 is 0 Å². The maximum atomic E-state index is 12.0. The van der Waals surface area contributed by atoms with Crippen LogP contribution in [-0.4, -0.2) is 38.0 Å². The second-order valence-corrected chi connectivity index (χ2v) is 6.38. The summed E-state index contributed by atoms with van der Waals surface area (Å²) in [4.78, 5) is 22.0. The standard InChI is InChI=1S/C13H19N3O5S/c14-8-7-9-1-3-10(4-2-9)22(20,21)16-12(17)6-5-11(15)13(18)19/h1-4,11H,5-8,14-15H2,(H,16,17)(H,18,19). The maximum Gasteiger partial charge on any atom is 0.320 e. The molecule has 0 saturated carbocycles. The fourth-order valence-electron chi connectivity index (χ4n) is 1.67. The van der Waals surface area contributed by atoms with Crippen LogP contribution < -0.4 is 16.2 Å². The van der Waals surface area contributed by atoms with Gasteiger partial charge in [-0.05, 0) is 37.1 Å². The van der Waals surface area contributed by atoms with Crippen molar-refractivity contribution in [3.8, 4) is 0 Å². The first kappa shape index (κ1) is 18.1. The first-order chi connectivity index (χ1) is 10.3. The average Bonchev–Trinajstić information content (AvgIpc) is 2.45. The van der Waals surface area contributed by atoms with Gasteiger partial charge in [-0.3, -0.25) is 9.59 Å². The van der Waals surface area contributed by atoms with Gasteiger partial charge in [-0.2, -0.15) is 0 Å². The molecular weight excluding hydrogens is 310 g/mol. The average molecular weight is 329 g/mol. The van der Waals surface area contributed by atoms with E-state index in [1.807, 2.05) is 4.72 Å². The zero-order chi connectivity index (χ0) is 16.8. The zero-order valence-corrected chi connectivity index (χ0v) is 12.7. The quantitative estimate of drug-likeness (QED) is 0.486. The van der Waals surface area contributed by atoms with Gasteiger partial charge in [0, 0.05) is 6.42 Å². The Bertz CT molecular complexity index is 628. The fraction of sp³-hybridized carbons (Fsp3) is 0.385. The molecule has 8 nitrogen and oxygen atoms in total. The minimum absolute atomic E-state index is 0.0517. The van der Waals surface area contributed by atoms with Crippen LogP contribution >= 0.6 is 0 Å². The Balaban J connectivity index is 2.66. The molecule has 1 aromatic rings.